The summed E-state index contributed by atoms with van der Waals surface area (Å²) in [5, 5.41) is 16.5. The Balaban J connectivity index is 2.23. The molecule has 1 aromatic heterocycles. The van der Waals surface area contributed by atoms with Crippen LogP contribution in [0.3, 0.4) is 0 Å². The zero-order valence-corrected chi connectivity index (χ0v) is 16.6. The van der Waals surface area contributed by atoms with Crippen molar-refractivity contribution in [2.45, 2.75) is 40.2 Å². The van der Waals surface area contributed by atoms with E-state index >= 15 is 0 Å². The van der Waals surface area contributed by atoms with Crippen molar-refractivity contribution in [3.05, 3.63) is 47.3 Å². The molecular weight excluding hydrogens is 360 g/mol. The number of aliphatic carboxylic acids is 1. The van der Waals surface area contributed by atoms with Gasteiger partial charge in [0.2, 0.25) is 11.8 Å². The van der Waals surface area contributed by atoms with Gasteiger partial charge >= 0.3 is 5.97 Å². The van der Waals surface area contributed by atoms with Gasteiger partial charge in [0.25, 0.3) is 0 Å². The monoisotopic (exact) mass is 386 g/mol. The quantitative estimate of drug-likeness (QED) is 0.715. The Kier molecular flexibility index (Phi) is 6.92. The molecule has 2 aromatic rings. The maximum atomic E-state index is 12.9. The second-order valence-electron chi connectivity index (χ2n) is 6.66. The van der Waals surface area contributed by atoms with Crippen molar-refractivity contribution in [2.75, 3.05) is 13.1 Å². The Morgan fingerprint density at radius 3 is 2.43 bits per heavy atom. The summed E-state index contributed by atoms with van der Waals surface area (Å²) in [5.74, 6) is -1.64. The molecule has 0 aliphatic heterocycles. The second kappa shape index (κ2) is 9.16. The number of hydrogen-bond acceptors (Lipinski definition) is 4. The minimum Gasteiger partial charge on any atom is -0.480 e. The number of benzene rings is 1. The molecule has 0 radical (unpaired) electrons. The number of para-hydroxylation sites is 1. The van der Waals surface area contributed by atoms with Gasteiger partial charge in [0.05, 0.1) is 17.8 Å². The van der Waals surface area contributed by atoms with Crippen LogP contribution in [-0.4, -0.2) is 56.7 Å². The third-order valence-corrected chi connectivity index (χ3v) is 4.64. The molecule has 0 saturated carbocycles. The second-order valence-corrected chi connectivity index (χ2v) is 6.66. The molecule has 0 aliphatic carbocycles. The fourth-order valence-electron chi connectivity index (χ4n) is 3.02. The Hall–Kier alpha value is -3.16. The molecule has 1 atom stereocenters. The van der Waals surface area contributed by atoms with E-state index in [4.69, 9.17) is 0 Å². The van der Waals surface area contributed by atoms with Gasteiger partial charge in [-0.25, -0.2) is 9.48 Å². The molecule has 8 nitrogen and oxygen atoms in total. The highest BCUT2D eigenvalue weighted by Crippen LogP contribution is 2.19. The van der Waals surface area contributed by atoms with Crippen LogP contribution in [0.1, 0.15) is 30.8 Å². The van der Waals surface area contributed by atoms with E-state index in [1.165, 1.54) is 18.7 Å². The highest BCUT2D eigenvalue weighted by atomic mass is 16.4. The van der Waals surface area contributed by atoms with E-state index in [1.54, 1.807) is 4.68 Å². The van der Waals surface area contributed by atoms with Gasteiger partial charge in [-0.05, 0) is 32.9 Å². The molecule has 0 aliphatic rings. The highest BCUT2D eigenvalue weighted by molar-refractivity contribution is 5.85. The molecule has 2 amide bonds. The Morgan fingerprint density at radius 2 is 1.86 bits per heavy atom. The van der Waals surface area contributed by atoms with E-state index < -0.39 is 12.0 Å². The molecule has 1 heterocycles. The van der Waals surface area contributed by atoms with Crippen LogP contribution >= 0.6 is 0 Å². The first-order chi connectivity index (χ1) is 13.2. The van der Waals surface area contributed by atoms with Crippen molar-refractivity contribution in [1.29, 1.82) is 0 Å². The summed E-state index contributed by atoms with van der Waals surface area (Å²) in [6.07, 6.45) is 0.0438. The van der Waals surface area contributed by atoms with Crippen molar-refractivity contribution in [1.82, 2.24) is 20.0 Å². The molecule has 2 rings (SSSR count). The predicted molar refractivity (Wildman–Crippen MR) is 104 cm³/mol. The van der Waals surface area contributed by atoms with Gasteiger partial charge in [0.1, 0.15) is 6.04 Å². The summed E-state index contributed by atoms with van der Waals surface area (Å²) in [4.78, 5) is 36.7. The van der Waals surface area contributed by atoms with E-state index in [-0.39, 0.29) is 31.3 Å². The minimum absolute atomic E-state index is 0.0438. The molecule has 2 N–H and O–H groups in total. The number of carbonyl (C=O) groups is 3. The Labute approximate surface area is 164 Å². The van der Waals surface area contributed by atoms with Crippen LogP contribution in [0.2, 0.25) is 0 Å². The van der Waals surface area contributed by atoms with E-state index in [0.29, 0.717) is 0 Å². The first kappa shape index (κ1) is 21.1. The van der Waals surface area contributed by atoms with E-state index in [0.717, 1.165) is 22.6 Å². The third kappa shape index (κ3) is 4.97. The maximum absolute atomic E-state index is 12.9. The van der Waals surface area contributed by atoms with Gasteiger partial charge in [0, 0.05) is 31.3 Å². The number of aryl methyl sites for hydroxylation is 1. The Bertz CT molecular complexity index is 861. The maximum Gasteiger partial charge on any atom is 0.326 e. The van der Waals surface area contributed by atoms with Gasteiger partial charge in [0.15, 0.2) is 0 Å². The van der Waals surface area contributed by atoms with Crippen LogP contribution < -0.4 is 5.32 Å². The molecule has 0 saturated heterocycles. The number of amides is 2. The standard InChI is InChI=1S/C20H26N4O4/c1-13-18(14(2)24(22-13)17-8-6-5-7-9-17)12-19(26)23(15(3)20(27)28)11-10-21-16(4)25/h5-9,15H,10-12H2,1-4H3,(H,21,25)(H,27,28). The zero-order chi connectivity index (χ0) is 20.8. The number of rotatable bonds is 8. The summed E-state index contributed by atoms with van der Waals surface area (Å²) in [5.41, 5.74) is 3.22. The summed E-state index contributed by atoms with van der Waals surface area (Å²) in [6, 6.07) is 8.60. The summed E-state index contributed by atoms with van der Waals surface area (Å²) >= 11 is 0. The normalized spacial score (nSPS) is 11.7. The number of aromatic nitrogens is 2. The van der Waals surface area contributed by atoms with Crippen LogP contribution in [-0.2, 0) is 20.8 Å². The van der Waals surface area contributed by atoms with Crippen LogP contribution in [0, 0.1) is 13.8 Å². The van der Waals surface area contributed by atoms with Gasteiger partial charge in [-0.3, -0.25) is 9.59 Å². The summed E-state index contributed by atoms with van der Waals surface area (Å²) in [6.45, 7) is 6.87. The molecule has 0 fully saturated rings. The first-order valence-electron chi connectivity index (χ1n) is 9.09. The third-order valence-electron chi connectivity index (χ3n) is 4.64. The summed E-state index contributed by atoms with van der Waals surface area (Å²) < 4.78 is 1.78. The van der Waals surface area contributed by atoms with Gasteiger partial charge in [-0.1, -0.05) is 18.2 Å². The van der Waals surface area contributed by atoms with Gasteiger partial charge < -0.3 is 15.3 Å². The smallest absolute Gasteiger partial charge is 0.326 e. The largest absolute Gasteiger partial charge is 0.480 e. The van der Waals surface area contributed by atoms with Crippen molar-refractivity contribution >= 4 is 17.8 Å². The van der Waals surface area contributed by atoms with Crippen LogP contribution in [0.15, 0.2) is 30.3 Å². The lowest BCUT2D eigenvalue weighted by Gasteiger charge is -2.26. The SMILES string of the molecule is CC(=O)NCCN(C(=O)Cc1c(C)nn(-c2ccccc2)c1C)C(C)C(=O)O. The number of hydrogen-bond donors (Lipinski definition) is 2. The van der Waals surface area contributed by atoms with Crippen molar-refractivity contribution in [3.63, 3.8) is 0 Å². The molecule has 0 bridgehead atoms. The van der Waals surface area contributed by atoms with E-state index in [9.17, 15) is 19.5 Å². The van der Waals surface area contributed by atoms with Crippen LogP contribution in [0.25, 0.3) is 5.69 Å². The van der Waals surface area contributed by atoms with Gasteiger partial charge in [-0.2, -0.15) is 5.10 Å². The number of carbonyl (C=O) groups excluding carboxylic acids is 2. The topological polar surface area (TPSA) is 105 Å². The molecule has 1 unspecified atom stereocenters. The van der Waals surface area contributed by atoms with Crippen LogP contribution in [0.5, 0.6) is 0 Å². The van der Waals surface area contributed by atoms with E-state index in [1.807, 2.05) is 44.2 Å². The molecule has 28 heavy (non-hydrogen) atoms. The zero-order valence-electron chi connectivity index (χ0n) is 16.6. The average molecular weight is 386 g/mol. The number of nitrogens with zero attached hydrogens (tertiary/aromatic N) is 3. The van der Waals surface area contributed by atoms with E-state index in [2.05, 4.69) is 10.4 Å². The Morgan fingerprint density at radius 1 is 1.21 bits per heavy atom. The number of carboxylic acid groups (broad SMARTS) is 1. The summed E-state index contributed by atoms with van der Waals surface area (Å²) in [7, 11) is 0. The lowest BCUT2D eigenvalue weighted by atomic mass is 10.1. The average Bonchev–Trinajstić information content (AvgIpc) is 2.93. The van der Waals surface area contributed by atoms with Crippen molar-refractivity contribution in [3.8, 4) is 5.69 Å². The molecule has 0 spiro atoms. The molecule has 150 valence electrons. The highest BCUT2D eigenvalue weighted by Gasteiger charge is 2.27. The lowest BCUT2D eigenvalue weighted by Crippen LogP contribution is -2.47. The van der Waals surface area contributed by atoms with Crippen molar-refractivity contribution < 1.29 is 19.5 Å². The predicted octanol–water partition coefficient (Wildman–Crippen LogP) is 1.47. The fourth-order valence-corrected chi connectivity index (χ4v) is 3.02. The number of nitrogens with one attached hydrogen (secondary N) is 1. The molecular formula is C20H26N4O4. The molecule has 1 aromatic carbocycles. The van der Waals surface area contributed by atoms with Crippen LogP contribution in [0.4, 0.5) is 0 Å². The van der Waals surface area contributed by atoms with Gasteiger partial charge in [-0.15, -0.1) is 0 Å². The first-order valence-corrected chi connectivity index (χ1v) is 9.09. The lowest BCUT2D eigenvalue weighted by molar-refractivity contribution is -0.149. The number of carboxylic acids is 1. The molecule has 8 heteroatoms. The minimum atomic E-state index is -1.09. The fraction of sp³-hybridized carbons (Fsp3) is 0.400. The van der Waals surface area contributed by atoms with Crippen molar-refractivity contribution in [2.24, 2.45) is 0 Å².